The van der Waals surface area contributed by atoms with E-state index in [9.17, 15) is 18.0 Å². The van der Waals surface area contributed by atoms with Gasteiger partial charge in [-0.05, 0) is 56.2 Å². The molecule has 2 saturated heterocycles. The number of hydrogen-bond acceptors (Lipinski definition) is 7. The van der Waals surface area contributed by atoms with Crippen LogP contribution in [-0.4, -0.2) is 64.1 Å². The van der Waals surface area contributed by atoms with Crippen LogP contribution in [0, 0.1) is 5.92 Å². The lowest BCUT2D eigenvalue weighted by Gasteiger charge is -2.35. The number of nitrogens with one attached hydrogen (secondary N) is 2. The molecule has 214 valence electrons. The van der Waals surface area contributed by atoms with E-state index in [-0.39, 0.29) is 54.5 Å². The number of carbonyl (C=O) groups is 1. The van der Waals surface area contributed by atoms with Crippen LogP contribution < -0.4 is 10.9 Å². The number of aromatic nitrogens is 3. The van der Waals surface area contributed by atoms with E-state index in [2.05, 4.69) is 20.3 Å². The smallest absolute Gasteiger partial charge is 0.407 e. The molecule has 3 aromatic rings. The molecule has 0 aliphatic carbocycles. The number of benzene rings is 1. The Balaban J connectivity index is 1.37. The number of sulfone groups is 1. The average Bonchev–Trinajstić information content (AvgIpc) is 2.93. The van der Waals surface area contributed by atoms with Gasteiger partial charge in [-0.1, -0.05) is 18.2 Å². The van der Waals surface area contributed by atoms with E-state index in [0.29, 0.717) is 40.8 Å². The Labute approximate surface area is 229 Å². The first-order valence-corrected chi connectivity index (χ1v) is 15.1. The van der Waals surface area contributed by atoms with E-state index in [1.165, 1.54) is 18.5 Å². The van der Waals surface area contributed by atoms with Crippen molar-refractivity contribution >= 4 is 32.8 Å². The van der Waals surface area contributed by atoms with Crippen LogP contribution in [0.5, 0.6) is 0 Å². The average molecular weight is 576 g/mol. The van der Waals surface area contributed by atoms with Gasteiger partial charge in [-0.25, -0.2) is 32.0 Å². The summed E-state index contributed by atoms with van der Waals surface area (Å²) in [7, 11) is -3.09. The van der Waals surface area contributed by atoms with Gasteiger partial charge < -0.3 is 20.3 Å². The molecule has 13 heteroatoms. The number of pyridine rings is 1. The number of fused-ring (bicyclic) bond motifs is 1. The lowest BCUT2D eigenvalue weighted by Crippen LogP contribution is -2.41. The molecule has 4 heterocycles. The summed E-state index contributed by atoms with van der Waals surface area (Å²) in [6.07, 6.45) is 1.09. The minimum Gasteiger partial charge on any atom is -0.465 e. The fourth-order valence-electron chi connectivity index (χ4n) is 5.62. The van der Waals surface area contributed by atoms with Gasteiger partial charge in [-0.15, -0.1) is 0 Å². The summed E-state index contributed by atoms with van der Waals surface area (Å²) in [5.41, 5.74) is 0.949. The Morgan fingerprint density at radius 3 is 2.52 bits per heavy atom. The summed E-state index contributed by atoms with van der Waals surface area (Å²) in [5.74, 6) is -3.81. The molecule has 0 saturated carbocycles. The van der Waals surface area contributed by atoms with Crippen LogP contribution in [0.1, 0.15) is 61.3 Å². The first-order valence-electron chi connectivity index (χ1n) is 13.3. The molecule has 3 N–H and O–H groups in total. The van der Waals surface area contributed by atoms with Gasteiger partial charge in [0.15, 0.2) is 0 Å². The molecule has 10 nitrogen and oxygen atoms in total. The Morgan fingerprint density at radius 1 is 1.15 bits per heavy atom. The number of halogens is 2. The Bertz CT molecular complexity index is 1570. The molecule has 1 aromatic carbocycles. The van der Waals surface area contributed by atoms with Gasteiger partial charge in [0.1, 0.15) is 27.6 Å². The molecule has 0 spiro atoms. The van der Waals surface area contributed by atoms with Crippen LogP contribution in [0.4, 0.5) is 19.4 Å². The fourth-order valence-corrected chi connectivity index (χ4v) is 7.12. The molecule has 1 amide bonds. The molecule has 2 aliphatic rings. The molecule has 2 aliphatic heterocycles. The highest BCUT2D eigenvalue weighted by molar-refractivity contribution is 7.91. The molecule has 1 unspecified atom stereocenters. The maximum absolute atomic E-state index is 15.5. The van der Waals surface area contributed by atoms with Crippen LogP contribution in [0.15, 0.2) is 41.5 Å². The monoisotopic (exact) mass is 575 g/mol. The van der Waals surface area contributed by atoms with Crippen molar-refractivity contribution in [1.82, 2.24) is 19.9 Å². The number of anilines is 1. The Kier molecular flexibility index (Phi) is 7.51. The van der Waals surface area contributed by atoms with Crippen molar-refractivity contribution in [3.8, 4) is 0 Å². The molecular formula is C27H31F2N5O5S. The minimum atomic E-state index is -3.12. The normalized spacial score (nSPS) is 19.4. The molecule has 0 radical (unpaired) electrons. The largest absolute Gasteiger partial charge is 0.465 e. The molecule has 5 rings (SSSR count). The number of amides is 1. The Hall–Kier alpha value is -3.61. The van der Waals surface area contributed by atoms with E-state index >= 15 is 8.78 Å². The number of hydrogen-bond donors (Lipinski definition) is 3. The summed E-state index contributed by atoms with van der Waals surface area (Å²) < 4.78 is 54.7. The highest BCUT2D eigenvalue weighted by Gasteiger charge is 2.43. The summed E-state index contributed by atoms with van der Waals surface area (Å²) in [6.45, 7) is 1.97. The first kappa shape index (κ1) is 27.9. The zero-order valence-corrected chi connectivity index (χ0v) is 22.8. The highest BCUT2D eigenvalue weighted by Crippen LogP contribution is 2.42. The summed E-state index contributed by atoms with van der Waals surface area (Å²) in [5, 5.41) is 12.9. The quantitative estimate of drug-likeness (QED) is 0.395. The van der Waals surface area contributed by atoms with Crippen molar-refractivity contribution in [3.63, 3.8) is 0 Å². The van der Waals surface area contributed by atoms with Crippen molar-refractivity contribution in [3.05, 3.63) is 63.7 Å². The van der Waals surface area contributed by atoms with Crippen LogP contribution in [-0.2, 0) is 15.8 Å². The van der Waals surface area contributed by atoms with Crippen molar-refractivity contribution < 1.29 is 27.1 Å². The van der Waals surface area contributed by atoms with Crippen LogP contribution >= 0.6 is 0 Å². The van der Waals surface area contributed by atoms with Crippen LogP contribution in [0.25, 0.3) is 11.0 Å². The SMILES string of the molecule is CC(Nc1ncnc2[nH]c(=O)c(C3CCS(=O)(=O)CC3)cc12)c1cccc(C(F)(F)C2CCN(C(=O)O)CC2)c1. The third-order valence-electron chi connectivity index (χ3n) is 8.08. The minimum absolute atomic E-state index is 0.0300. The van der Waals surface area contributed by atoms with Gasteiger partial charge in [0.05, 0.1) is 16.9 Å². The predicted molar refractivity (Wildman–Crippen MR) is 145 cm³/mol. The summed E-state index contributed by atoms with van der Waals surface area (Å²) >= 11 is 0. The first-order chi connectivity index (χ1) is 18.9. The van der Waals surface area contributed by atoms with Crippen molar-refractivity contribution in [2.45, 2.75) is 50.5 Å². The number of H-pyrrole nitrogens is 1. The lowest BCUT2D eigenvalue weighted by atomic mass is 9.85. The maximum Gasteiger partial charge on any atom is 0.407 e. The molecule has 40 heavy (non-hydrogen) atoms. The van der Waals surface area contributed by atoms with Crippen molar-refractivity contribution in [1.29, 1.82) is 0 Å². The number of rotatable bonds is 6. The molecular weight excluding hydrogens is 544 g/mol. The number of piperidine rings is 1. The molecule has 2 aromatic heterocycles. The second-order valence-electron chi connectivity index (χ2n) is 10.6. The van der Waals surface area contributed by atoms with E-state index in [1.807, 2.05) is 6.92 Å². The number of likely N-dealkylation sites (tertiary alicyclic amines) is 1. The van der Waals surface area contributed by atoms with E-state index in [0.717, 1.165) is 4.90 Å². The number of carboxylic acid groups (broad SMARTS) is 1. The van der Waals surface area contributed by atoms with Gasteiger partial charge in [0.25, 0.3) is 11.5 Å². The third-order valence-corrected chi connectivity index (χ3v) is 9.79. The molecule has 0 bridgehead atoms. The maximum atomic E-state index is 15.5. The predicted octanol–water partition coefficient (Wildman–Crippen LogP) is 4.27. The van der Waals surface area contributed by atoms with Crippen LogP contribution in [0.2, 0.25) is 0 Å². The standard InChI is InChI=1S/C27H31F2N5O5S/c1-16(18-3-2-4-20(13-18)27(28,29)19-5-9-34(10-6-19)26(36)37)32-23-22-14-21(17-7-11-40(38,39)12-8-17)25(35)33-24(22)31-15-30-23/h2-4,13-17,19H,5-12H2,1H3,(H,36,37)(H2,30,31,32,33,35). The summed E-state index contributed by atoms with van der Waals surface area (Å²) in [6, 6.07) is 7.43. The van der Waals surface area contributed by atoms with Crippen molar-refractivity contribution in [2.75, 3.05) is 29.9 Å². The van der Waals surface area contributed by atoms with Crippen LogP contribution in [0.3, 0.4) is 0 Å². The summed E-state index contributed by atoms with van der Waals surface area (Å²) in [4.78, 5) is 36.4. The fraction of sp³-hybridized carbons (Fsp3) is 0.481. The second-order valence-corrected chi connectivity index (χ2v) is 12.9. The van der Waals surface area contributed by atoms with Crippen molar-refractivity contribution in [2.24, 2.45) is 5.92 Å². The highest BCUT2D eigenvalue weighted by atomic mass is 32.2. The van der Waals surface area contributed by atoms with Gasteiger partial charge in [-0.3, -0.25) is 4.79 Å². The lowest BCUT2D eigenvalue weighted by molar-refractivity contribution is -0.0836. The topological polar surface area (TPSA) is 145 Å². The number of aromatic amines is 1. The van der Waals surface area contributed by atoms with Gasteiger partial charge in [0.2, 0.25) is 0 Å². The molecule has 1 atom stereocenters. The van der Waals surface area contributed by atoms with Gasteiger partial charge >= 0.3 is 6.09 Å². The van der Waals surface area contributed by atoms with E-state index in [4.69, 9.17) is 5.11 Å². The van der Waals surface area contributed by atoms with E-state index < -0.39 is 33.8 Å². The Morgan fingerprint density at radius 2 is 1.85 bits per heavy atom. The van der Waals surface area contributed by atoms with E-state index in [1.54, 1.807) is 18.2 Å². The third kappa shape index (κ3) is 5.65. The number of nitrogens with zero attached hydrogens (tertiary/aromatic N) is 3. The molecule has 2 fully saturated rings. The second kappa shape index (κ2) is 10.8. The number of alkyl halides is 2. The zero-order chi connectivity index (χ0) is 28.7. The zero-order valence-electron chi connectivity index (χ0n) is 21.9. The van der Waals surface area contributed by atoms with Gasteiger partial charge in [-0.2, -0.15) is 0 Å². The van der Waals surface area contributed by atoms with Gasteiger partial charge in [0, 0.05) is 36.2 Å².